The maximum Gasteiger partial charge on any atom is 0.237 e. The molecule has 1 atom stereocenters. The molecule has 0 spiro atoms. The Morgan fingerprint density at radius 3 is 2.79 bits per heavy atom. The lowest BCUT2D eigenvalue weighted by atomic mass is 10.1. The Labute approximate surface area is 172 Å². The number of amides is 1. The third-order valence-electron chi connectivity index (χ3n) is 4.82. The minimum absolute atomic E-state index is 0.00454. The molecule has 3 aromatic heterocycles. The van der Waals surface area contributed by atoms with E-state index < -0.39 is 0 Å². The molecule has 0 aliphatic carbocycles. The number of aryl methyl sites for hydroxylation is 3. The van der Waals surface area contributed by atoms with Crippen molar-refractivity contribution in [2.75, 3.05) is 5.32 Å². The Bertz CT molecular complexity index is 1180. The Morgan fingerprint density at radius 1 is 1.18 bits per heavy atom. The lowest BCUT2D eigenvalue weighted by Crippen LogP contribution is -2.25. The number of carbonyl (C=O) groups is 1. The highest BCUT2D eigenvalue weighted by molar-refractivity contribution is 8.00. The van der Waals surface area contributed by atoms with Crippen molar-refractivity contribution >= 4 is 50.4 Å². The molecule has 0 unspecified atom stereocenters. The molecule has 1 aromatic carbocycles. The second-order valence-corrected chi connectivity index (χ2v) is 9.05. The van der Waals surface area contributed by atoms with Crippen molar-refractivity contribution in [3.8, 4) is 0 Å². The van der Waals surface area contributed by atoms with Gasteiger partial charge in [0.1, 0.15) is 10.9 Å². The van der Waals surface area contributed by atoms with Crippen molar-refractivity contribution in [2.45, 2.75) is 44.4 Å². The number of thioether (sulfide) groups is 1. The van der Waals surface area contributed by atoms with Gasteiger partial charge in [0.05, 0.1) is 21.0 Å². The molecular weight excluding hydrogens is 388 g/mol. The molecule has 4 aromatic rings. The molecule has 0 aliphatic rings. The van der Waals surface area contributed by atoms with Crippen molar-refractivity contribution in [1.29, 1.82) is 0 Å². The molecule has 3 heterocycles. The van der Waals surface area contributed by atoms with Gasteiger partial charge in [-0.05, 0) is 61.9 Å². The summed E-state index contributed by atoms with van der Waals surface area (Å²) in [6.07, 6.45) is 0.707. The molecule has 0 aliphatic heterocycles. The number of anilines is 1. The molecule has 0 saturated heterocycles. The van der Waals surface area contributed by atoms with E-state index in [1.165, 1.54) is 16.5 Å². The van der Waals surface area contributed by atoms with Crippen molar-refractivity contribution < 1.29 is 4.79 Å². The van der Waals surface area contributed by atoms with Gasteiger partial charge in [-0.2, -0.15) is 0 Å². The second kappa shape index (κ2) is 7.56. The summed E-state index contributed by atoms with van der Waals surface area (Å²) in [4.78, 5) is 13.0. The third kappa shape index (κ3) is 3.40. The Morgan fingerprint density at radius 2 is 2.00 bits per heavy atom. The fourth-order valence-electron chi connectivity index (χ4n) is 3.27. The van der Waals surface area contributed by atoms with Crippen LogP contribution < -0.4 is 5.32 Å². The van der Waals surface area contributed by atoms with Crippen LogP contribution >= 0.6 is 23.1 Å². The van der Waals surface area contributed by atoms with Crippen LogP contribution in [0.4, 0.5) is 5.69 Å². The number of hydrogen-bond acceptors (Lipinski definition) is 5. The van der Waals surface area contributed by atoms with Crippen molar-refractivity contribution in [3.05, 3.63) is 52.7 Å². The average Bonchev–Trinajstić information content (AvgIpc) is 3.25. The Kier molecular flexibility index (Phi) is 5.12. The zero-order chi connectivity index (χ0) is 19.8. The van der Waals surface area contributed by atoms with Gasteiger partial charge in [0.15, 0.2) is 0 Å². The molecule has 28 heavy (non-hydrogen) atoms. The number of thiophene rings is 1. The van der Waals surface area contributed by atoms with Gasteiger partial charge in [-0.1, -0.05) is 30.8 Å². The van der Waals surface area contributed by atoms with Crippen LogP contribution in [0.2, 0.25) is 0 Å². The predicted molar refractivity (Wildman–Crippen MR) is 118 cm³/mol. The largest absolute Gasteiger partial charge is 0.325 e. The summed E-state index contributed by atoms with van der Waals surface area (Å²) in [5, 5.41) is 14.5. The van der Waals surface area contributed by atoms with Crippen molar-refractivity contribution in [1.82, 2.24) is 14.6 Å². The van der Waals surface area contributed by atoms with E-state index in [9.17, 15) is 4.79 Å². The lowest BCUT2D eigenvalue weighted by Gasteiger charge is -2.16. The fraction of sp³-hybridized carbons (Fsp3) is 0.286. The van der Waals surface area contributed by atoms with Gasteiger partial charge < -0.3 is 5.32 Å². The summed E-state index contributed by atoms with van der Waals surface area (Å²) < 4.78 is 3.32. The fourth-order valence-corrected chi connectivity index (χ4v) is 5.03. The first-order valence-electron chi connectivity index (χ1n) is 9.24. The van der Waals surface area contributed by atoms with E-state index in [2.05, 4.69) is 37.4 Å². The average molecular weight is 411 g/mol. The van der Waals surface area contributed by atoms with E-state index in [4.69, 9.17) is 0 Å². The molecule has 1 N–H and O–H groups in total. The number of aromatic nitrogens is 3. The molecule has 0 saturated carbocycles. The molecule has 0 radical (unpaired) electrons. The van der Waals surface area contributed by atoms with E-state index in [1.54, 1.807) is 11.3 Å². The number of nitrogens with zero attached hydrogens (tertiary/aromatic N) is 3. The Hall–Kier alpha value is -2.38. The van der Waals surface area contributed by atoms with Crippen LogP contribution in [0.5, 0.6) is 0 Å². The van der Waals surface area contributed by atoms with Gasteiger partial charge in [0, 0.05) is 5.69 Å². The highest BCUT2D eigenvalue weighted by atomic mass is 32.2. The summed E-state index contributed by atoms with van der Waals surface area (Å²) >= 11 is 3.18. The van der Waals surface area contributed by atoms with Gasteiger partial charge in [0.2, 0.25) is 5.91 Å². The SMILES string of the molecule is CC[C@H](Sc1nnc(C)n2c1cc1sccc12)C(=O)Nc1cc(C)ccc1C. The molecule has 7 heteroatoms. The Balaban J connectivity index is 1.64. The van der Waals surface area contributed by atoms with Crippen LogP contribution in [0, 0.1) is 20.8 Å². The normalized spacial score (nSPS) is 12.6. The number of nitrogens with one attached hydrogen (secondary N) is 1. The minimum Gasteiger partial charge on any atom is -0.325 e. The predicted octanol–water partition coefficient (Wildman–Crippen LogP) is 5.38. The maximum absolute atomic E-state index is 13.0. The number of fused-ring (bicyclic) bond motifs is 3. The molecule has 0 fully saturated rings. The highest BCUT2D eigenvalue weighted by Gasteiger charge is 2.22. The summed E-state index contributed by atoms with van der Waals surface area (Å²) in [5.41, 5.74) is 5.20. The van der Waals surface area contributed by atoms with E-state index >= 15 is 0 Å². The smallest absolute Gasteiger partial charge is 0.237 e. The van der Waals surface area contributed by atoms with Gasteiger partial charge >= 0.3 is 0 Å². The standard InChI is InChI=1S/C21H22N4OS2/c1-5-18(20(26)22-15-10-12(2)6-7-13(15)3)28-21-17-11-19-16(8-9-27-19)25(17)14(4)23-24-21/h6-11,18H,5H2,1-4H3,(H,22,26)/t18-/m0/s1. The lowest BCUT2D eigenvalue weighted by molar-refractivity contribution is -0.115. The van der Waals surface area contributed by atoms with Crippen LogP contribution in [0.3, 0.4) is 0 Å². The zero-order valence-electron chi connectivity index (χ0n) is 16.3. The van der Waals surface area contributed by atoms with Crippen LogP contribution in [0.15, 0.2) is 40.7 Å². The molecule has 144 valence electrons. The quantitative estimate of drug-likeness (QED) is 0.449. The van der Waals surface area contributed by atoms with Gasteiger partial charge in [-0.3, -0.25) is 9.20 Å². The van der Waals surface area contributed by atoms with E-state index in [1.807, 2.05) is 45.9 Å². The summed E-state index contributed by atoms with van der Waals surface area (Å²) in [5.74, 6) is 0.843. The number of benzene rings is 1. The zero-order valence-corrected chi connectivity index (χ0v) is 17.9. The first-order valence-corrected chi connectivity index (χ1v) is 11.0. The molecule has 4 rings (SSSR count). The van der Waals surface area contributed by atoms with Crippen molar-refractivity contribution in [3.63, 3.8) is 0 Å². The molecular formula is C21H22N4OS2. The number of carbonyl (C=O) groups excluding carboxylic acids is 1. The minimum atomic E-state index is -0.242. The second-order valence-electron chi connectivity index (χ2n) is 6.91. The van der Waals surface area contributed by atoms with Crippen LogP contribution in [-0.4, -0.2) is 25.8 Å². The topological polar surface area (TPSA) is 59.3 Å². The maximum atomic E-state index is 13.0. The third-order valence-corrected chi connectivity index (χ3v) is 7.02. The van der Waals surface area contributed by atoms with Crippen LogP contribution in [-0.2, 0) is 4.79 Å². The van der Waals surface area contributed by atoms with Gasteiger partial charge in [-0.15, -0.1) is 21.5 Å². The van der Waals surface area contributed by atoms with E-state index in [0.717, 1.165) is 38.7 Å². The van der Waals surface area contributed by atoms with Gasteiger partial charge in [0.25, 0.3) is 0 Å². The van der Waals surface area contributed by atoms with E-state index in [-0.39, 0.29) is 11.2 Å². The molecule has 0 bridgehead atoms. The summed E-state index contributed by atoms with van der Waals surface area (Å²) in [6, 6.07) is 10.3. The van der Waals surface area contributed by atoms with Crippen LogP contribution in [0.25, 0.3) is 15.7 Å². The number of hydrogen-bond donors (Lipinski definition) is 1. The first kappa shape index (κ1) is 19.0. The summed E-state index contributed by atoms with van der Waals surface area (Å²) in [7, 11) is 0. The van der Waals surface area contributed by atoms with Crippen molar-refractivity contribution in [2.24, 2.45) is 0 Å². The van der Waals surface area contributed by atoms with Gasteiger partial charge in [-0.25, -0.2) is 0 Å². The van der Waals surface area contributed by atoms with Crippen LogP contribution in [0.1, 0.15) is 30.3 Å². The first-order chi connectivity index (χ1) is 13.5. The molecule has 1 amide bonds. The summed E-state index contributed by atoms with van der Waals surface area (Å²) in [6.45, 7) is 8.01. The number of rotatable bonds is 5. The van der Waals surface area contributed by atoms with E-state index in [0.29, 0.717) is 6.42 Å². The molecule has 5 nitrogen and oxygen atoms in total. The highest BCUT2D eigenvalue weighted by Crippen LogP contribution is 2.33. The monoisotopic (exact) mass is 410 g/mol.